The molecule has 0 aliphatic carbocycles. The smallest absolute Gasteiger partial charge is 0.377 e. The number of alkyl halides is 5. The maximum atomic E-state index is 12.5. The lowest BCUT2D eigenvalue weighted by molar-refractivity contribution is -0.285. The minimum atomic E-state index is -5.48. The summed E-state index contributed by atoms with van der Waals surface area (Å²) in [7, 11) is 0. The lowest BCUT2D eigenvalue weighted by Crippen LogP contribution is -2.36. The molecule has 0 unspecified atom stereocenters. The van der Waals surface area contributed by atoms with Crippen molar-refractivity contribution in [3.05, 3.63) is 35.9 Å². The Kier molecular flexibility index (Phi) is 5.07. The fourth-order valence-electron chi connectivity index (χ4n) is 1.30. The first-order valence-corrected chi connectivity index (χ1v) is 5.39. The quantitative estimate of drug-likeness (QED) is 0.555. The van der Waals surface area contributed by atoms with Crippen LogP contribution in [-0.4, -0.2) is 18.7 Å². The maximum Gasteiger partial charge on any atom is 0.453 e. The topological polar surface area (TPSA) is 9.23 Å². The van der Waals surface area contributed by atoms with Crippen molar-refractivity contribution in [1.82, 2.24) is 0 Å². The Labute approximate surface area is 102 Å². The van der Waals surface area contributed by atoms with Gasteiger partial charge in [0.05, 0.1) is 6.61 Å². The molecule has 0 aliphatic rings. The third kappa shape index (κ3) is 4.60. The Bertz CT molecular complexity index is 347. The summed E-state index contributed by atoms with van der Waals surface area (Å²) in [6.07, 6.45) is -7.06. The van der Waals surface area contributed by atoms with Crippen LogP contribution in [0.4, 0.5) is 22.0 Å². The van der Waals surface area contributed by atoms with Crippen molar-refractivity contribution in [2.24, 2.45) is 0 Å². The van der Waals surface area contributed by atoms with Gasteiger partial charge in [0, 0.05) is 13.0 Å². The molecule has 1 rings (SSSR count). The van der Waals surface area contributed by atoms with Crippen molar-refractivity contribution in [3.8, 4) is 0 Å². The van der Waals surface area contributed by atoms with Gasteiger partial charge < -0.3 is 4.74 Å². The van der Waals surface area contributed by atoms with E-state index in [-0.39, 0.29) is 19.6 Å². The van der Waals surface area contributed by atoms with Crippen LogP contribution >= 0.6 is 0 Å². The summed E-state index contributed by atoms with van der Waals surface area (Å²) in [5, 5.41) is 0. The van der Waals surface area contributed by atoms with E-state index < -0.39 is 18.5 Å². The van der Waals surface area contributed by atoms with Crippen LogP contribution in [-0.2, 0) is 11.3 Å². The highest BCUT2D eigenvalue weighted by Gasteiger charge is 2.56. The molecule has 1 nitrogen and oxygen atoms in total. The summed E-state index contributed by atoms with van der Waals surface area (Å²) in [5.74, 6) is -4.64. The molecule has 1 aromatic rings. The van der Waals surface area contributed by atoms with Crippen molar-refractivity contribution in [3.63, 3.8) is 0 Å². The molecule has 102 valence electrons. The van der Waals surface area contributed by atoms with Crippen LogP contribution in [0, 0.1) is 0 Å². The highest BCUT2D eigenvalue weighted by Crippen LogP contribution is 2.38. The normalized spacial score (nSPS) is 12.7. The number of ether oxygens (including phenoxy) is 1. The molecule has 0 aromatic heterocycles. The number of halogens is 5. The number of rotatable bonds is 6. The molecule has 0 heterocycles. The minimum Gasteiger partial charge on any atom is -0.377 e. The molecule has 0 spiro atoms. The van der Waals surface area contributed by atoms with E-state index in [9.17, 15) is 22.0 Å². The first kappa shape index (κ1) is 14.9. The second kappa shape index (κ2) is 6.13. The van der Waals surface area contributed by atoms with E-state index >= 15 is 0 Å². The average molecular weight is 268 g/mol. The van der Waals surface area contributed by atoms with Gasteiger partial charge in [-0.25, -0.2) is 0 Å². The Balaban J connectivity index is 2.20. The summed E-state index contributed by atoms with van der Waals surface area (Å²) in [6, 6.07) is 8.95. The molecule has 0 fully saturated rings. The van der Waals surface area contributed by atoms with Gasteiger partial charge in [-0.05, 0) is 12.0 Å². The third-order valence-corrected chi connectivity index (χ3v) is 2.31. The highest BCUT2D eigenvalue weighted by atomic mass is 19.4. The summed E-state index contributed by atoms with van der Waals surface area (Å²) in [6.45, 7) is 0.0823. The standard InChI is InChI=1S/C12H13F5O/c13-11(14,12(15,16)17)7-4-8-18-9-10-5-2-1-3-6-10/h1-3,5-6H,4,7-9H2. The first-order valence-electron chi connectivity index (χ1n) is 5.39. The fourth-order valence-corrected chi connectivity index (χ4v) is 1.30. The van der Waals surface area contributed by atoms with Crippen LogP contribution in [0.25, 0.3) is 0 Å². The molecule has 1 aromatic carbocycles. The van der Waals surface area contributed by atoms with E-state index in [2.05, 4.69) is 0 Å². The second-order valence-corrected chi connectivity index (χ2v) is 3.84. The zero-order valence-corrected chi connectivity index (χ0v) is 9.51. The SMILES string of the molecule is FC(F)(F)C(F)(F)CCCOCc1ccccc1. The van der Waals surface area contributed by atoms with E-state index in [1.807, 2.05) is 6.07 Å². The van der Waals surface area contributed by atoms with Crippen molar-refractivity contribution in [2.75, 3.05) is 6.61 Å². The fraction of sp³-hybridized carbons (Fsp3) is 0.500. The third-order valence-electron chi connectivity index (χ3n) is 2.31. The van der Waals surface area contributed by atoms with Crippen LogP contribution in [0.15, 0.2) is 30.3 Å². The van der Waals surface area contributed by atoms with Gasteiger partial charge in [0.25, 0.3) is 0 Å². The molecule has 0 bridgehead atoms. The predicted molar refractivity (Wildman–Crippen MR) is 56.3 cm³/mol. The largest absolute Gasteiger partial charge is 0.453 e. The zero-order valence-electron chi connectivity index (χ0n) is 9.51. The van der Waals surface area contributed by atoms with Gasteiger partial charge >= 0.3 is 12.1 Å². The van der Waals surface area contributed by atoms with Crippen LogP contribution in [0.2, 0.25) is 0 Å². The van der Waals surface area contributed by atoms with Gasteiger partial charge in [-0.2, -0.15) is 22.0 Å². The minimum absolute atomic E-state index is 0.124. The molecular weight excluding hydrogens is 255 g/mol. The predicted octanol–water partition coefficient (Wildman–Crippen LogP) is 4.18. The second-order valence-electron chi connectivity index (χ2n) is 3.84. The van der Waals surface area contributed by atoms with Gasteiger partial charge in [-0.15, -0.1) is 0 Å². The van der Waals surface area contributed by atoms with Crippen LogP contribution in [0.1, 0.15) is 18.4 Å². The van der Waals surface area contributed by atoms with Crippen LogP contribution in [0.3, 0.4) is 0 Å². The lowest BCUT2D eigenvalue weighted by atomic mass is 10.2. The van der Waals surface area contributed by atoms with Gasteiger partial charge in [0.15, 0.2) is 0 Å². The molecule has 0 N–H and O–H groups in total. The van der Waals surface area contributed by atoms with Gasteiger partial charge in [-0.1, -0.05) is 30.3 Å². The Morgan fingerprint density at radius 2 is 1.56 bits per heavy atom. The molecule has 0 atom stereocenters. The van der Waals surface area contributed by atoms with Crippen molar-refractivity contribution in [1.29, 1.82) is 0 Å². The molecule has 0 radical (unpaired) electrons. The molecular formula is C12H13F5O. The number of hydrogen-bond donors (Lipinski definition) is 0. The zero-order chi connectivity index (χ0) is 13.6. The number of benzene rings is 1. The Morgan fingerprint density at radius 1 is 0.944 bits per heavy atom. The molecule has 0 saturated heterocycles. The van der Waals surface area contributed by atoms with Gasteiger partial charge in [-0.3, -0.25) is 0 Å². The lowest BCUT2D eigenvalue weighted by Gasteiger charge is -2.19. The van der Waals surface area contributed by atoms with E-state index in [4.69, 9.17) is 4.74 Å². The average Bonchev–Trinajstić information content (AvgIpc) is 2.28. The molecule has 0 aliphatic heterocycles. The van der Waals surface area contributed by atoms with Crippen molar-refractivity contribution >= 4 is 0 Å². The maximum absolute atomic E-state index is 12.5. The molecule has 0 amide bonds. The van der Waals surface area contributed by atoms with Crippen LogP contribution < -0.4 is 0 Å². The number of hydrogen-bond acceptors (Lipinski definition) is 1. The van der Waals surface area contributed by atoms with Crippen molar-refractivity contribution in [2.45, 2.75) is 31.5 Å². The summed E-state index contributed by atoms with van der Waals surface area (Å²) in [4.78, 5) is 0. The molecule has 0 saturated carbocycles. The first-order chi connectivity index (χ1) is 8.33. The Hall–Kier alpha value is -1.17. The van der Waals surface area contributed by atoms with Crippen molar-refractivity contribution < 1.29 is 26.7 Å². The van der Waals surface area contributed by atoms with Gasteiger partial charge in [0.2, 0.25) is 0 Å². The van der Waals surface area contributed by atoms with E-state index in [1.54, 1.807) is 24.3 Å². The molecule has 6 heteroatoms. The van der Waals surface area contributed by atoms with Gasteiger partial charge in [0.1, 0.15) is 0 Å². The summed E-state index contributed by atoms with van der Waals surface area (Å²) >= 11 is 0. The Morgan fingerprint density at radius 3 is 2.11 bits per heavy atom. The summed E-state index contributed by atoms with van der Waals surface area (Å²) < 4.78 is 65.5. The highest BCUT2D eigenvalue weighted by molar-refractivity contribution is 5.13. The van der Waals surface area contributed by atoms with E-state index in [1.165, 1.54) is 0 Å². The summed E-state index contributed by atoms with van der Waals surface area (Å²) in [5.41, 5.74) is 0.847. The molecule has 18 heavy (non-hydrogen) atoms. The van der Waals surface area contributed by atoms with E-state index in [0.29, 0.717) is 0 Å². The van der Waals surface area contributed by atoms with E-state index in [0.717, 1.165) is 5.56 Å². The van der Waals surface area contributed by atoms with Crippen LogP contribution in [0.5, 0.6) is 0 Å². The monoisotopic (exact) mass is 268 g/mol.